The molecule has 0 heterocycles. The van der Waals surface area contributed by atoms with Crippen molar-refractivity contribution < 1.29 is 14.6 Å². The molecule has 1 N–H and O–H groups in total. The highest BCUT2D eigenvalue weighted by molar-refractivity contribution is 5.90. The van der Waals surface area contributed by atoms with E-state index < -0.39 is 5.97 Å². The average Bonchev–Trinajstić information content (AvgIpc) is 2.46. The minimum Gasteiger partial charge on any atom is -0.496 e. The maximum Gasteiger partial charge on any atom is 0.335 e. The molecule has 0 spiro atoms. The zero-order valence-electron chi connectivity index (χ0n) is 12.6. The Hall–Kier alpha value is -2.29. The average molecular weight is 284 g/mol. The van der Waals surface area contributed by atoms with Crippen LogP contribution in [0.4, 0.5) is 0 Å². The fraction of sp³-hybridized carbons (Fsp3) is 0.278. The van der Waals surface area contributed by atoms with Gasteiger partial charge in [-0.2, -0.15) is 0 Å². The number of carbonyl (C=O) groups is 1. The number of carboxylic acids is 1. The number of hydrogen-bond acceptors (Lipinski definition) is 2. The third-order valence-electron chi connectivity index (χ3n) is 3.33. The zero-order chi connectivity index (χ0) is 15.4. The summed E-state index contributed by atoms with van der Waals surface area (Å²) in [5.41, 5.74) is 3.29. The van der Waals surface area contributed by atoms with E-state index in [9.17, 15) is 4.79 Å². The second-order valence-corrected chi connectivity index (χ2v) is 5.52. The number of rotatable bonds is 5. The Balaban J connectivity index is 2.49. The van der Waals surface area contributed by atoms with Crippen molar-refractivity contribution in [2.45, 2.75) is 20.3 Å². The second-order valence-electron chi connectivity index (χ2n) is 5.52. The molecule has 0 bridgehead atoms. The lowest BCUT2D eigenvalue weighted by atomic mass is 9.96. The molecular formula is C18H20O3. The fourth-order valence-electron chi connectivity index (χ4n) is 2.40. The van der Waals surface area contributed by atoms with Gasteiger partial charge in [0.1, 0.15) is 5.75 Å². The van der Waals surface area contributed by atoms with Crippen LogP contribution in [-0.4, -0.2) is 18.2 Å². The molecule has 3 heteroatoms. The second kappa shape index (κ2) is 6.44. The van der Waals surface area contributed by atoms with Gasteiger partial charge in [-0.05, 0) is 41.7 Å². The van der Waals surface area contributed by atoms with E-state index in [0.717, 1.165) is 17.5 Å². The van der Waals surface area contributed by atoms with Crippen molar-refractivity contribution in [1.29, 1.82) is 0 Å². The molecule has 0 radical (unpaired) electrons. The number of aromatic carboxylic acids is 1. The molecule has 0 fully saturated rings. The molecule has 0 amide bonds. The lowest BCUT2D eigenvalue weighted by molar-refractivity contribution is 0.0697. The van der Waals surface area contributed by atoms with Gasteiger partial charge in [0, 0.05) is 5.56 Å². The smallest absolute Gasteiger partial charge is 0.335 e. The van der Waals surface area contributed by atoms with Crippen molar-refractivity contribution in [2.75, 3.05) is 7.11 Å². The quantitative estimate of drug-likeness (QED) is 0.892. The van der Waals surface area contributed by atoms with Crippen molar-refractivity contribution in [1.82, 2.24) is 0 Å². The number of carboxylic acid groups (broad SMARTS) is 1. The summed E-state index contributed by atoms with van der Waals surface area (Å²) >= 11 is 0. The molecule has 0 atom stereocenters. The normalized spacial score (nSPS) is 10.7. The van der Waals surface area contributed by atoms with Crippen LogP contribution in [0, 0.1) is 5.92 Å². The third kappa shape index (κ3) is 3.63. The van der Waals surface area contributed by atoms with E-state index in [1.165, 1.54) is 5.56 Å². The van der Waals surface area contributed by atoms with E-state index in [1.807, 2.05) is 12.1 Å². The molecule has 0 unspecified atom stereocenters. The van der Waals surface area contributed by atoms with E-state index in [0.29, 0.717) is 11.7 Å². The highest BCUT2D eigenvalue weighted by Crippen LogP contribution is 2.31. The SMILES string of the molecule is COc1ccc(C(=O)O)cc1-c1cccc(CC(C)C)c1. The number of benzene rings is 2. The van der Waals surface area contributed by atoms with Gasteiger partial charge in [-0.3, -0.25) is 0 Å². The first-order valence-electron chi connectivity index (χ1n) is 7.02. The van der Waals surface area contributed by atoms with Crippen LogP contribution in [0.2, 0.25) is 0 Å². The predicted molar refractivity (Wildman–Crippen MR) is 83.9 cm³/mol. The van der Waals surface area contributed by atoms with Crippen LogP contribution in [0.5, 0.6) is 5.75 Å². The molecule has 3 nitrogen and oxygen atoms in total. The zero-order valence-corrected chi connectivity index (χ0v) is 12.6. The Morgan fingerprint density at radius 2 is 1.95 bits per heavy atom. The van der Waals surface area contributed by atoms with Gasteiger partial charge in [0.25, 0.3) is 0 Å². The van der Waals surface area contributed by atoms with Crippen molar-refractivity contribution in [3.8, 4) is 16.9 Å². The van der Waals surface area contributed by atoms with Crippen molar-refractivity contribution in [2.24, 2.45) is 5.92 Å². The Labute approximate surface area is 125 Å². The first-order valence-corrected chi connectivity index (χ1v) is 7.02. The molecule has 2 rings (SSSR count). The minimum atomic E-state index is -0.933. The third-order valence-corrected chi connectivity index (χ3v) is 3.33. The van der Waals surface area contributed by atoms with Crippen LogP contribution < -0.4 is 4.74 Å². The van der Waals surface area contributed by atoms with E-state index >= 15 is 0 Å². The van der Waals surface area contributed by atoms with Crippen LogP contribution in [0.25, 0.3) is 11.1 Å². The van der Waals surface area contributed by atoms with Gasteiger partial charge in [0.15, 0.2) is 0 Å². The first kappa shape index (κ1) is 15.1. The highest BCUT2D eigenvalue weighted by atomic mass is 16.5. The van der Waals surface area contributed by atoms with Crippen LogP contribution in [0.1, 0.15) is 29.8 Å². The number of methoxy groups -OCH3 is 1. The summed E-state index contributed by atoms with van der Waals surface area (Å²) in [7, 11) is 1.59. The van der Waals surface area contributed by atoms with Gasteiger partial charge in [-0.1, -0.05) is 38.1 Å². The Bertz CT molecular complexity index is 645. The van der Waals surface area contributed by atoms with Crippen LogP contribution in [-0.2, 0) is 6.42 Å². The number of ether oxygens (including phenoxy) is 1. The summed E-state index contributed by atoms with van der Waals surface area (Å²) in [6.45, 7) is 4.36. The minimum absolute atomic E-state index is 0.264. The standard InChI is InChI=1S/C18H20O3/c1-12(2)9-13-5-4-6-14(10-13)16-11-15(18(19)20)7-8-17(16)21-3/h4-8,10-12H,9H2,1-3H3,(H,19,20). The fourth-order valence-corrected chi connectivity index (χ4v) is 2.40. The number of hydrogen-bond donors (Lipinski definition) is 1. The van der Waals surface area contributed by atoms with E-state index in [4.69, 9.17) is 9.84 Å². The summed E-state index contributed by atoms with van der Waals surface area (Å²) < 4.78 is 5.36. The van der Waals surface area contributed by atoms with Crippen molar-refractivity contribution in [3.05, 3.63) is 53.6 Å². The molecule has 2 aromatic carbocycles. The molecule has 0 aliphatic heterocycles. The molecule has 0 aromatic heterocycles. The van der Waals surface area contributed by atoms with Gasteiger partial charge in [-0.25, -0.2) is 4.79 Å². The summed E-state index contributed by atoms with van der Waals surface area (Å²) in [5, 5.41) is 9.15. The van der Waals surface area contributed by atoms with Crippen LogP contribution in [0.3, 0.4) is 0 Å². The molecule has 0 aliphatic rings. The van der Waals surface area contributed by atoms with Gasteiger partial charge in [0.2, 0.25) is 0 Å². The summed E-state index contributed by atoms with van der Waals surface area (Å²) in [4.78, 5) is 11.2. The van der Waals surface area contributed by atoms with Gasteiger partial charge >= 0.3 is 5.97 Å². The van der Waals surface area contributed by atoms with Crippen molar-refractivity contribution >= 4 is 5.97 Å². The predicted octanol–water partition coefficient (Wildman–Crippen LogP) is 4.26. The molecular weight excluding hydrogens is 264 g/mol. The molecule has 2 aromatic rings. The first-order chi connectivity index (χ1) is 10.0. The van der Waals surface area contributed by atoms with E-state index in [1.54, 1.807) is 25.3 Å². The van der Waals surface area contributed by atoms with Gasteiger partial charge < -0.3 is 9.84 Å². The topological polar surface area (TPSA) is 46.5 Å². The van der Waals surface area contributed by atoms with Gasteiger partial charge in [-0.15, -0.1) is 0 Å². The lowest BCUT2D eigenvalue weighted by Gasteiger charge is -2.12. The molecule has 0 saturated heterocycles. The highest BCUT2D eigenvalue weighted by Gasteiger charge is 2.11. The molecule has 110 valence electrons. The van der Waals surface area contributed by atoms with Crippen LogP contribution in [0.15, 0.2) is 42.5 Å². The summed E-state index contributed by atoms with van der Waals surface area (Å²) in [6, 6.07) is 13.1. The van der Waals surface area contributed by atoms with E-state index in [2.05, 4.69) is 26.0 Å². The maximum absolute atomic E-state index is 11.2. The van der Waals surface area contributed by atoms with Crippen molar-refractivity contribution in [3.63, 3.8) is 0 Å². The summed E-state index contributed by atoms with van der Waals surface area (Å²) in [6.07, 6.45) is 0.995. The Kier molecular flexibility index (Phi) is 4.63. The van der Waals surface area contributed by atoms with E-state index in [-0.39, 0.29) is 5.56 Å². The Morgan fingerprint density at radius 3 is 2.57 bits per heavy atom. The molecule has 0 saturated carbocycles. The maximum atomic E-state index is 11.2. The summed E-state index contributed by atoms with van der Waals surface area (Å²) in [5.74, 6) is 0.325. The monoisotopic (exact) mass is 284 g/mol. The molecule has 0 aliphatic carbocycles. The largest absolute Gasteiger partial charge is 0.496 e. The van der Waals surface area contributed by atoms with Gasteiger partial charge in [0.05, 0.1) is 12.7 Å². The Morgan fingerprint density at radius 1 is 1.19 bits per heavy atom. The van der Waals surface area contributed by atoms with Crippen LogP contribution >= 0.6 is 0 Å². The molecule has 21 heavy (non-hydrogen) atoms. The lowest BCUT2D eigenvalue weighted by Crippen LogP contribution is -1.98.